The smallest absolute Gasteiger partial charge is 0.311 e. The van der Waals surface area contributed by atoms with Gasteiger partial charge in [-0.1, -0.05) is 13.8 Å². The molecule has 6 nitrogen and oxygen atoms in total. The van der Waals surface area contributed by atoms with Crippen LogP contribution in [0.25, 0.3) is 0 Å². The lowest BCUT2D eigenvalue weighted by Crippen LogP contribution is -2.36. The SMILES string of the molecule is CCCC(=O)Oc1ccc(N(C(=O)CCC)S(=O)(=O)c2ccc(F)cc2)cc1. The van der Waals surface area contributed by atoms with Crippen molar-refractivity contribution in [2.45, 2.75) is 44.4 Å². The van der Waals surface area contributed by atoms with Crippen molar-refractivity contribution >= 4 is 27.6 Å². The molecule has 150 valence electrons. The molecule has 0 aliphatic rings. The van der Waals surface area contributed by atoms with Gasteiger partial charge in [0.15, 0.2) is 0 Å². The topological polar surface area (TPSA) is 80.8 Å². The van der Waals surface area contributed by atoms with Crippen molar-refractivity contribution in [1.82, 2.24) is 0 Å². The van der Waals surface area contributed by atoms with Gasteiger partial charge in [-0.25, -0.2) is 17.1 Å². The zero-order valence-corrected chi connectivity index (χ0v) is 16.5. The van der Waals surface area contributed by atoms with Crippen molar-refractivity contribution in [3.05, 3.63) is 54.3 Å². The Labute approximate surface area is 164 Å². The Morgan fingerprint density at radius 3 is 2.04 bits per heavy atom. The van der Waals surface area contributed by atoms with Gasteiger partial charge >= 0.3 is 5.97 Å². The molecule has 28 heavy (non-hydrogen) atoms. The Morgan fingerprint density at radius 1 is 0.929 bits per heavy atom. The molecule has 0 bridgehead atoms. The van der Waals surface area contributed by atoms with Gasteiger partial charge in [0.05, 0.1) is 10.6 Å². The van der Waals surface area contributed by atoms with Crippen LogP contribution in [-0.4, -0.2) is 20.3 Å². The molecule has 1 amide bonds. The van der Waals surface area contributed by atoms with Crippen LogP contribution in [0.1, 0.15) is 39.5 Å². The van der Waals surface area contributed by atoms with Gasteiger partial charge < -0.3 is 4.74 Å². The number of rotatable bonds is 8. The van der Waals surface area contributed by atoms with Crippen LogP contribution < -0.4 is 9.04 Å². The number of anilines is 1. The van der Waals surface area contributed by atoms with Crippen molar-refractivity contribution in [1.29, 1.82) is 0 Å². The van der Waals surface area contributed by atoms with Crippen LogP contribution >= 0.6 is 0 Å². The van der Waals surface area contributed by atoms with Crippen molar-refractivity contribution in [3.63, 3.8) is 0 Å². The first-order valence-corrected chi connectivity index (χ1v) is 10.4. The van der Waals surface area contributed by atoms with E-state index in [4.69, 9.17) is 4.74 Å². The summed E-state index contributed by atoms with van der Waals surface area (Å²) in [7, 11) is -4.23. The molecule has 0 spiro atoms. The summed E-state index contributed by atoms with van der Waals surface area (Å²) < 4.78 is 45.0. The van der Waals surface area contributed by atoms with Gasteiger partial charge in [0.25, 0.3) is 10.0 Å². The van der Waals surface area contributed by atoms with E-state index in [-0.39, 0.29) is 29.2 Å². The van der Waals surface area contributed by atoms with Crippen LogP contribution in [-0.2, 0) is 19.6 Å². The second-order valence-corrected chi connectivity index (χ2v) is 7.87. The first kappa shape index (κ1) is 21.6. The van der Waals surface area contributed by atoms with Gasteiger partial charge in [-0.2, -0.15) is 0 Å². The van der Waals surface area contributed by atoms with E-state index >= 15 is 0 Å². The highest BCUT2D eigenvalue weighted by Crippen LogP contribution is 2.27. The van der Waals surface area contributed by atoms with E-state index in [2.05, 4.69) is 0 Å². The third-order valence-electron chi connectivity index (χ3n) is 3.80. The first-order valence-electron chi connectivity index (χ1n) is 8.94. The lowest BCUT2D eigenvalue weighted by molar-refractivity contribution is -0.134. The fourth-order valence-electron chi connectivity index (χ4n) is 2.48. The lowest BCUT2D eigenvalue weighted by Gasteiger charge is -2.22. The molecule has 2 rings (SSSR count). The summed E-state index contributed by atoms with van der Waals surface area (Å²) >= 11 is 0. The van der Waals surface area contributed by atoms with Gasteiger partial charge in [-0.3, -0.25) is 9.59 Å². The average molecular weight is 407 g/mol. The van der Waals surface area contributed by atoms with Crippen LogP contribution in [0.4, 0.5) is 10.1 Å². The zero-order valence-electron chi connectivity index (χ0n) is 15.7. The summed E-state index contributed by atoms with van der Waals surface area (Å²) in [6, 6.07) is 9.89. The number of hydrogen-bond donors (Lipinski definition) is 0. The van der Waals surface area contributed by atoms with E-state index in [1.807, 2.05) is 6.92 Å². The molecule has 0 heterocycles. The molecule has 0 fully saturated rings. The molecule has 0 atom stereocenters. The average Bonchev–Trinajstić information content (AvgIpc) is 2.64. The van der Waals surface area contributed by atoms with Crippen molar-refractivity contribution in [3.8, 4) is 5.75 Å². The quantitative estimate of drug-likeness (QED) is 0.487. The number of nitrogens with zero attached hydrogens (tertiary/aromatic N) is 1. The third-order valence-corrected chi connectivity index (χ3v) is 5.56. The minimum absolute atomic E-state index is 0.0215. The molecular weight excluding hydrogens is 385 g/mol. The number of esters is 1. The standard InChI is InChI=1S/C20H22FNO5S/c1-3-5-19(23)22(28(25,26)18-13-7-15(21)8-14-18)16-9-11-17(12-10-16)27-20(24)6-4-2/h7-14H,3-6H2,1-2H3. The number of sulfonamides is 1. The molecule has 0 radical (unpaired) electrons. The number of carbonyl (C=O) groups is 2. The van der Waals surface area contributed by atoms with E-state index < -0.39 is 27.7 Å². The van der Waals surface area contributed by atoms with E-state index in [9.17, 15) is 22.4 Å². The number of benzene rings is 2. The zero-order chi connectivity index (χ0) is 20.7. The summed E-state index contributed by atoms with van der Waals surface area (Å²) in [6.07, 6.45) is 1.39. The van der Waals surface area contributed by atoms with Crippen molar-refractivity contribution in [2.24, 2.45) is 0 Å². The molecule has 0 aliphatic carbocycles. The molecule has 0 saturated heterocycles. The number of halogens is 1. The predicted molar refractivity (Wildman–Crippen MR) is 103 cm³/mol. The Bertz CT molecular complexity index is 924. The Kier molecular flexibility index (Phi) is 7.28. The lowest BCUT2D eigenvalue weighted by atomic mass is 10.2. The molecule has 2 aromatic rings. The van der Waals surface area contributed by atoms with E-state index in [0.29, 0.717) is 17.1 Å². The number of carbonyl (C=O) groups excluding carboxylic acids is 2. The largest absolute Gasteiger partial charge is 0.427 e. The van der Waals surface area contributed by atoms with Gasteiger partial charge in [0, 0.05) is 12.8 Å². The second-order valence-electron chi connectivity index (χ2n) is 6.09. The highest BCUT2D eigenvalue weighted by Gasteiger charge is 2.30. The summed E-state index contributed by atoms with van der Waals surface area (Å²) in [4.78, 5) is 24.0. The molecule has 0 aliphatic heterocycles. The van der Waals surface area contributed by atoms with Gasteiger partial charge in [-0.15, -0.1) is 0 Å². The molecule has 8 heteroatoms. The number of amides is 1. The van der Waals surface area contributed by atoms with Crippen LogP contribution in [0.3, 0.4) is 0 Å². The van der Waals surface area contributed by atoms with Gasteiger partial charge in [0.2, 0.25) is 5.91 Å². The molecule has 0 aromatic heterocycles. The van der Waals surface area contributed by atoms with Crippen LogP contribution in [0, 0.1) is 5.82 Å². The first-order chi connectivity index (χ1) is 13.3. The normalized spacial score (nSPS) is 11.1. The summed E-state index contributed by atoms with van der Waals surface area (Å²) in [6.45, 7) is 3.61. The highest BCUT2D eigenvalue weighted by atomic mass is 32.2. The Balaban J connectivity index is 2.39. The second kappa shape index (κ2) is 9.45. The monoisotopic (exact) mass is 407 g/mol. The fraction of sp³-hybridized carbons (Fsp3) is 0.300. The Hall–Kier alpha value is -2.74. The van der Waals surface area contributed by atoms with Gasteiger partial charge in [0.1, 0.15) is 11.6 Å². The molecular formula is C20H22FNO5S. The molecule has 2 aromatic carbocycles. The maximum atomic E-state index is 13.2. The predicted octanol–water partition coefficient (Wildman–Crippen LogP) is 4.05. The molecule has 0 saturated carbocycles. The van der Waals surface area contributed by atoms with E-state index in [0.717, 1.165) is 24.3 Å². The molecule has 0 unspecified atom stereocenters. The Morgan fingerprint density at radius 2 is 1.50 bits per heavy atom. The summed E-state index contributed by atoms with van der Waals surface area (Å²) in [5.74, 6) is -1.33. The molecule has 0 N–H and O–H groups in total. The summed E-state index contributed by atoms with van der Waals surface area (Å²) in [5.41, 5.74) is 0.109. The maximum absolute atomic E-state index is 13.2. The highest BCUT2D eigenvalue weighted by molar-refractivity contribution is 7.93. The minimum atomic E-state index is -4.23. The van der Waals surface area contributed by atoms with Crippen LogP contribution in [0.15, 0.2) is 53.4 Å². The van der Waals surface area contributed by atoms with E-state index in [1.54, 1.807) is 6.92 Å². The van der Waals surface area contributed by atoms with Crippen LogP contribution in [0.5, 0.6) is 5.75 Å². The number of hydrogen-bond acceptors (Lipinski definition) is 5. The van der Waals surface area contributed by atoms with Crippen LogP contribution in [0.2, 0.25) is 0 Å². The third kappa shape index (κ3) is 5.16. The van der Waals surface area contributed by atoms with Crippen molar-refractivity contribution in [2.75, 3.05) is 4.31 Å². The summed E-state index contributed by atoms with van der Waals surface area (Å²) in [5, 5.41) is 0. The maximum Gasteiger partial charge on any atom is 0.311 e. The number of ether oxygens (including phenoxy) is 1. The van der Waals surface area contributed by atoms with E-state index in [1.165, 1.54) is 24.3 Å². The van der Waals surface area contributed by atoms with Crippen molar-refractivity contribution < 1.29 is 27.1 Å². The van der Waals surface area contributed by atoms with Gasteiger partial charge in [-0.05, 0) is 61.4 Å². The minimum Gasteiger partial charge on any atom is -0.427 e. The fourth-order valence-corrected chi connectivity index (χ4v) is 3.93.